The smallest absolute Gasteiger partial charge is 0.268 e. The maximum atomic E-state index is 13.2. The fraction of sp³-hybridized carbons (Fsp3) is 0.0435. The molecule has 0 radical (unpaired) electrons. The van der Waals surface area contributed by atoms with E-state index in [1.807, 2.05) is 24.3 Å². The standard InChI is InChI=1S/C23H14BrF3N2O/c24-17-11-8-15(9-12-17)10-13-21-28-20-7-2-1-6-19(20)22(30)29(21)18-5-3-4-16(14-18)23(25,26)27/h1-14H/b13-10-. The van der Waals surface area contributed by atoms with Gasteiger partial charge in [0.25, 0.3) is 5.56 Å². The lowest BCUT2D eigenvalue weighted by molar-refractivity contribution is -0.137. The van der Waals surface area contributed by atoms with Crippen LogP contribution >= 0.6 is 15.9 Å². The van der Waals surface area contributed by atoms with E-state index in [9.17, 15) is 18.0 Å². The van der Waals surface area contributed by atoms with Gasteiger partial charge in [0.05, 0.1) is 22.2 Å². The lowest BCUT2D eigenvalue weighted by Crippen LogP contribution is -2.22. The van der Waals surface area contributed by atoms with Crippen LogP contribution in [0.4, 0.5) is 13.2 Å². The molecule has 7 heteroatoms. The van der Waals surface area contributed by atoms with Crippen LogP contribution in [0, 0.1) is 0 Å². The van der Waals surface area contributed by atoms with Crippen molar-refractivity contribution in [2.24, 2.45) is 0 Å². The molecule has 3 nitrogen and oxygen atoms in total. The molecule has 0 unspecified atom stereocenters. The monoisotopic (exact) mass is 470 g/mol. The molecule has 0 N–H and O–H groups in total. The molecule has 1 heterocycles. The zero-order valence-corrected chi connectivity index (χ0v) is 17.0. The van der Waals surface area contributed by atoms with Gasteiger partial charge in [-0.2, -0.15) is 13.2 Å². The molecule has 0 saturated heterocycles. The summed E-state index contributed by atoms with van der Waals surface area (Å²) in [5.74, 6) is 0.237. The van der Waals surface area contributed by atoms with Gasteiger partial charge in [-0.05, 0) is 54.1 Å². The van der Waals surface area contributed by atoms with Gasteiger partial charge in [-0.3, -0.25) is 9.36 Å². The van der Waals surface area contributed by atoms with Crippen molar-refractivity contribution < 1.29 is 13.2 Å². The molecular weight excluding hydrogens is 457 g/mol. The second-order valence-corrected chi connectivity index (χ2v) is 7.48. The molecule has 30 heavy (non-hydrogen) atoms. The Kier molecular flexibility index (Phi) is 5.30. The van der Waals surface area contributed by atoms with E-state index in [-0.39, 0.29) is 11.5 Å². The Morgan fingerprint density at radius 1 is 0.900 bits per heavy atom. The largest absolute Gasteiger partial charge is 0.416 e. The Labute approximate surface area is 178 Å². The molecule has 150 valence electrons. The first kappa shape index (κ1) is 20.1. The number of halogens is 4. The minimum atomic E-state index is -4.52. The third kappa shape index (κ3) is 4.07. The Morgan fingerprint density at radius 3 is 2.37 bits per heavy atom. The van der Waals surface area contributed by atoms with E-state index in [1.165, 1.54) is 16.7 Å². The molecule has 4 rings (SSSR count). The average molecular weight is 471 g/mol. The number of nitrogens with zero attached hydrogens (tertiary/aromatic N) is 2. The molecule has 0 atom stereocenters. The number of benzene rings is 3. The summed E-state index contributed by atoms with van der Waals surface area (Å²) >= 11 is 3.37. The first-order valence-electron chi connectivity index (χ1n) is 8.96. The maximum Gasteiger partial charge on any atom is 0.416 e. The molecule has 0 aliphatic rings. The highest BCUT2D eigenvalue weighted by atomic mass is 79.9. The van der Waals surface area contributed by atoms with Crippen LogP contribution in [0.2, 0.25) is 0 Å². The van der Waals surface area contributed by atoms with E-state index in [1.54, 1.807) is 36.4 Å². The van der Waals surface area contributed by atoms with Gasteiger partial charge in [-0.25, -0.2) is 4.98 Å². The van der Waals surface area contributed by atoms with Gasteiger partial charge in [0.1, 0.15) is 5.82 Å². The summed E-state index contributed by atoms with van der Waals surface area (Å²) in [6.45, 7) is 0. The third-order valence-corrected chi connectivity index (χ3v) is 5.06. The molecule has 3 aromatic carbocycles. The summed E-state index contributed by atoms with van der Waals surface area (Å²) in [5, 5.41) is 0.329. The minimum absolute atomic E-state index is 0.100. The molecule has 0 aliphatic heterocycles. The van der Waals surface area contributed by atoms with E-state index in [0.29, 0.717) is 10.9 Å². The van der Waals surface area contributed by atoms with Gasteiger partial charge >= 0.3 is 6.18 Å². The summed E-state index contributed by atoms with van der Waals surface area (Å²) < 4.78 is 41.8. The Balaban J connectivity index is 1.93. The lowest BCUT2D eigenvalue weighted by Gasteiger charge is -2.14. The van der Waals surface area contributed by atoms with Crippen LogP contribution in [0.1, 0.15) is 17.0 Å². The van der Waals surface area contributed by atoms with Crippen molar-refractivity contribution in [2.75, 3.05) is 0 Å². The van der Waals surface area contributed by atoms with Crippen LogP contribution < -0.4 is 5.56 Å². The number of para-hydroxylation sites is 1. The van der Waals surface area contributed by atoms with E-state index in [2.05, 4.69) is 20.9 Å². The van der Waals surface area contributed by atoms with Crippen molar-refractivity contribution in [2.45, 2.75) is 6.18 Å². The second-order valence-electron chi connectivity index (χ2n) is 6.56. The highest BCUT2D eigenvalue weighted by Crippen LogP contribution is 2.30. The third-order valence-electron chi connectivity index (χ3n) is 4.53. The van der Waals surface area contributed by atoms with E-state index >= 15 is 0 Å². The highest BCUT2D eigenvalue weighted by Gasteiger charge is 2.30. The molecule has 0 spiro atoms. The zero-order chi connectivity index (χ0) is 21.3. The number of fused-ring (bicyclic) bond motifs is 1. The van der Waals surface area contributed by atoms with Crippen molar-refractivity contribution in [1.29, 1.82) is 0 Å². The zero-order valence-electron chi connectivity index (χ0n) is 15.4. The van der Waals surface area contributed by atoms with Crippen LogP contribution in [0.5, 0.6) is 0 Å². The van der Waals surface area contributed by atoms with Crippen molar-refractivity contribution in [3.05, 3.63) is 105 Å². The van der Waals surface area contributed by atoms with E-state index in [4.69, 9.17) is 0 Å². The lowest BCUT2D eigenvalue weighted by atomic mass is 10.1. The molecular formula is C23H14BrF3N2O. The predicted octanol–water partition coefficient (Wildman–Crippen LogP) is 6.34. The van der Waals surface area contributed by atoms with Crippen LogP contribution in [-0.4, -0.2) is 9.55 Å². The number of hydrogen-bond acceptors (Lipinski definition) is 2. The summed E-state index contributed by atoms with van der Waals surface area (Å²) in [6.07, 6.45) is -1.14. The van der Waals surface area contributed by atoms with Crippen LogP contribution in [0.3, 0.4) is 0 Å². The molecule has 1 aromatic heterocycles. The summed E-state index contributed by atoms with van der Waals surface area (Å²) in [4.78, 5) is 17.7. The first-order chi connectivity index (χ1) is 14.3. The Bertz CT molecular complexity index is 1310. The van der Waals surface area contributed by atoms with E-state index in [0.717, 1.165) is 22.2 Å². The van der Waals surface area contributed by atoms with Gasteiger partial charge in [-0.1, -0.05) is 52.3 Å². The van der Waals surface area contributed by atoms with Gasteiger partial charge in [0, 0.05) is 4.47 Å². The number of hydrogen-bond donors (Lipinski definition) is 0. The van der Waals surface area contributed by atoms with Crippen molar-refractivity contribution >= 4 is 39.0 Å². The number of aromatic nitrogens is 2. The molecule has 0 aliphatic carbocycles. The number of alkyl halides is 3. The van der Waals surface area contributed by atoms with Crippen LogP contribution in [0.25, 0.3) is 28.7 Å². The summed E-state index contributed by atoms with van der Waals surface area (Å²) in [7, 11) is 0. The van der Waals surface area contributed by atoms with Gasteiger partial charge in [0.2, 0.25) is 0 Å². The van der Waals surface area contributed by atoms with E-state index < -0.39 is 17.3 Å². The molecule has 0 bridgehead atoms. The van der Waals surface area contributed by atoms with Crippen molar-refractivity contribution in [3.8, 4) is 5.69 Å². The fourth-order valence-corrected chi connectivity index (χ4v) is 3.34. The van der Waals surface area contributed by atoms with Crippen molar-refractivity contribution in [1.82, 2.24) is 9.55 Å². The quantitative estimate of drug-likeness (QED) is 0.350. The average Bonchev–Trinajstić information content (AvgIpc) is 2.73. The molecule has 4 aromatic rings. The second kappa shape index (κ2) is 7.91. The predicted molar refractivity (Wildman–Crippen MR) is 115 cm³/mol. The molecule has 0 amide bonds. The molecule has 0 fully saturated rings. The minimum Gasteiger partial charge on any atom is -0.268 e. The topological polar surface area (TPSA) is 34.9 Å². The molecule has 0 saturated carbocycles. The van der Waals surface area contributed by atoms with Crippen LogP contribution in [-0.2, 0) is 6.18 Å². The Morgan fingerprint density at radius 2 is 1.63 bits per heavy atom. The highest BCUT2D eigenvalue weighted by molar-refractivity contribution is 9.10. The van der Waals surface area contributed by atoms with Gasteiger partial charge in [-0.15, -0.1) is 0 Å². The maximum absolute atomic E-state index is 13.2. The fourth-order valence-electron chi connectivity index (χ4n) is 3.08. The van der Waals surface area contributed by atoms with Crippen LogP contribution in [0.15, 0.2) is 82.1 Å². The Hall–Kier alpha value is -3.19. The van der Waals surface area contributed by atoms with Gasteiger partial charge < -0.3 is 0 Å². The summed E-state index contributed by atoms with van der Waals surface area (Å²) in [6, 6.07) is 18.9. The summed E-state index contributed by atoms with van der Waals surface area (Å²) in [5.41, 5.74) is 0.166. The first-order valence-corrected chi connectivity index (χ1v) is 9.75. The normalized spacial score (nSPS) is 12.0. The number of rotatable bonds is 3. The van der Waals surface area contributed by atoms with Gasteiger partial charge in [0.15, 0.2) is 0 Å². The SMILES string of the molecule is O=c1c2ccccc2nc(/C=C\c2ccc(Br)cc2)n1-c1cccc(C(F)(F)F)c1. The van der Waals surface area contributed by atoms with Crippen molar-refractivity contribution in [3.63, 3.8) is 0 Å².